The predicted molar refractivity (Wildman–Crippen MR) is 169 cm³/mol. The zero-order valence-corrected chi connectivity index (χ0v) is 25.2. The number of aromatic hydroxyl groups is 1. The summed E-state index contributed by atoms with van der Waals surface area (Å²) >= 11 is 6.33. The van der Waals surface area contributed by atoms with E-state index >= 15 is 0 Å². The molecule has 6 heteroatoms. The second-order valence-corrected chi connectivity index (χ2v) is 11.0. The topological polar surface area (TPSA) is 68.1 Å². The van der Waals surface area contributed by atoms with Gasteiger partial charge in [-0.2, -0.15) is 0 Å². The number of esters is 1. The third-order valence-corrected chi connectivity index (χ3v) is 7.27. The van der Waals surface area contributed by atoms with Gasteiger partial charge < -0.3 is 14.6 Å². The van der Waals surface area contributed by atoms with Crippen LogP contribution in [0.15, 0.2) is 71.7 Å². The minimum absolute atomic E-state index is 0.0283. The Morgan fingerprint density at radius 1 is 0.829 bits per heavy atom. The Kier molecular flexibility index (Phi) is 14.3. The van der Waals surface area contributed by atoms with Crippen LogP contribution < -0.4 is 9.47 Å². The molecule has 1 atom stereocenters. The molecular weight excluding hydrogens is 534 g/mol. The first-order chi connectivity index (χ1) is 20.0. The van der Waals surface area contributed by atoms with Crippen molar-refractivity contribution in [1.29, 1.82) is 0 Å². The van der Waals surface area contributed by atoms with Crippen LogP contribution in [0, 0.1) is 0 Å². The first-order valence-corrected chi connectivity index (χ1v) is 15.5. The lowest BCUT2D eigenvalue weighted by Gasteiger charge is -2.11. The van der Waals surface area contributed by atoms with Gasteiger partial charge in [-0.3, -0.25) is 9.79 Å². The fraction of sp³-hybridized carbons (Fsp3) is 0.429. The number of phenolic OH excluding ortho intramolecular Hbond substituents is 1. The lowest BCUT2D eigenvalue weighted by Crippen LogP contribution is -2.23. The van der Waals surface area contributed by atoms with Crippen molar-refractivity contribution in [2.24, 2.45) is 4.99 Å². The number of halogens is 1. The summed E-state index contributed by atoms with van der Waals surface area (Å²) < 4.78 is 11.1. The Morgan fingerprint density at radius 2 is 1.46 bits per heavy atom. The molecule has 0 aliphatic heterocycles. The molecule has 5 nitrogen and oxygen atoms in total. The number of unbranched alkanes of at least 4 members (excludes halogenated alkanes) is 7. The minimum Gasteiger partial charge on any atom is -0.507 e. The molecule has 0 radical (unpaired) electrons. The van der Waals surface area contributed by atoms with Crippen LogP contribution in [-0.2, 0) is 17.6 Å². The molecular formula is C35H44ClNO4. The molecule has 0 aromatic heterocycles. The predicted octanol–water partition coefficient (Wildman–Crippen LogP) is 9.37. The van der Waals surface area contributed by atoms with Crippen molar-refractivity contribution in [3.63, 3.8) is 0 Å². The van der Waals surface area contributed by atoms with Gasteiger partial charge in [-0.25, -0.2) is 0 Å². The number of hydrogen-bond acceptors (Lipinski definition) is 5. The van der Waals surface area contributed by atoms with Gasteiger partial charge in [0.1, 0.15) is 22.6 Å². The molecule has 0 aliphatic rings. The molecule has 0 heterocycles. The first kappa shape index (κ1) is 32.2. The van der Waals surface area contributed by atoms with E-state index in [-0.39, 0.29) is 11.5 Å². The molecule has 0 saturated carbocycles. The smallest absolute Gasteiger partial charge is 0.329 e. The molecule has 3 aromatic carbocycles. The lowest BCUT2D eigenvalue weighted by molar-refractivity contribution is -0.133. The van der Waals surface area contributed by atoms with Crippen LogP contribution in [0.25, 0.3) is 0 Å². The summed E-state index contributed by atoms with van der Waals surface area (Å²) in [6.07, 6.45) is 14.2. The van der Waals surface area contributed by atoms with Gasteiger partial charge in [-0.05, 0) is 73.2 Å². The maximum absolute atomic E-state index is 12.5. The normalized spacial score (nSPS) is 12.0. The number of benzene rings is 3. The number of nitrogens with zero attached hydrogens (tertiary/aromatic N) is 1. The standard InChI is InChI=1S/C35H44ClNO4/c1-3-5-7-8-9-10-11-12-27-13-18-30(19-14-27)37-26-29-17-22-32(25-34(29)38)41-35(39)33(36)24-28-15-20-31(21-16-28)40-23-6-4-2/h13-22,25-26,33,38H,3-12,23-24H2,1-2H3/t33-/m0/s1. The summed E-state index contributed by atoms with van der Waals surface area (Å²) in [4.78, 5) is 17.0. The van der Waals surface area contributed by atoms with Crippen LogP contribution in [0.2, 0.25) is 0 Å². The quantitative estimate of drug-likeness (QED) is 0.0537. The molecule has 0 amide bonds. The van der Waals surface area contributed by atoms with Crippen molar-refractivity contribution in [1.82, 2.24) is 0 Å². The van der Waals surface area contributed by atoms with Gasteiger partial charge in [-0.15, -0.1) is 11.6 Å². The van der Waals surface area contributed by atoms with Gasteiger partial charge in [0.15, 0.2) is 0 Å². The Morgan fingerprint density at radius 3 is 2.15 bits per heavy atom. The molecule has 0 saturated heterocycles. The monoisotopic (exact) mass is 577 g/mol. The Hall–Kier alpha value is -3.31. The molecule has 0 unspecified atom stereocenters. The highest BCUT2D eigenvalue weighted by molar-refractivity contribution is 6.30. The number of rotatable bonds is 18. The van der Waals surface area contributed by atoms with E-state index in [1.54, 1.807) is 18.3 Å². The summed E-state index contributed by atoms with van der Waals surface area (Å²) in [5.74, 6) is 0.419. The second-order valence-electron chi connectivity index (χ2n) is 10.5. The van der Waals surface area contributed by atoms with E-state index in [4.69, 9.17) is 21.1 Å². The molecule has 0 spiro atoms. The van der Waals surface area contributed by atoms with E-state index in [1.165, 1.54) is 56.6 Å². The molecule has 220 valence electrons. The average molecular weight is 578 g/mol. The number of aryl methyl sites for hydroxylation is 1. The third-order valence-electron chi connectivity index (χ3n) is 6.94. The molecule has 3 aromatic rings. The number of hydrogen-bond donors (Lipinski definition) is 1. The molecule has 1 N–H and O–H groups in total. The summed E-state index contributed by atoms with van der Waals surface area (Å²) in [6.45, 7) is 5.05. The Bertz CT molecular complexity index is 1210. The van der Waals surface area contributed by atoms with Crippen LogP contribution in [-0.4, -0.2) is 29.3 Å². The largest absolute Gasteiger partial charge is 0.507 e. The molecule has 41 heavy (non-hydrogen) atoms. The highest BCUT2D eigenvalue weighted by Gasteiger charge is 2.19. The van der Waals surface area contributed by atoms with Crippen molar-refractivity contribution in [3.05, 3.63) is 83.4 Å². The van der Waals surface area contributed by atoms with E-state index in [0.29, 0.717) is 18.6 Å². The van der Waals surface area contributed by atoms with Gasteiger partial charge in [0, 0.05) is 17.8 Å². The number of carbonyl (C=O) groups excluding carboxylic acids is 1. The molecule has 0 bridgehead atoms. The molecule has 0 fully saturated rings. The van der Waals surface area contributed by atoms with Crippen LogP contribution in [0.4, 0.5) is 5.69 Å². The number of carbonyl (C=O) groups is 1. The van der Waals surface area contributed by atoms with Crippen molar-refractivity contribution in [3.8, 4) is 17.2 Å². The van der Waals surface area contributed by atoms with Crippen LogP contribution in [0.1, 0.15) is 88.3 Å². The van der Waals surface area contributed by atoms with Crippen LogP contribution in [0.3, 0.4) is 0 Å². The number of ether oxygens (including phenoxy) is 2. The zero-order valence-electron chi connectivity index (χ0n) is 24.5. The van der Waals surface area contributed by atoms with E-state index in [0.717, 1.165) is 36.3 Å². The summed E-state index contributed by atoms with van der Waals surface area (Å²) in [5.41, 5.74) is 3.57. The van der Waals surface area contributed by atoms with Crippen molar-refractivity contribution in [2.75, 3.05) is 6.61 Å². The van der Waals surface area contributed by atoms with E-state index in [2.05, 4.69) is 31.0 Å². The number of aliphatic imine (C=N–C) groups is 1. The fourth-order valence-electron chi connectivity index (χ4n) is 4.40. The van der Waals surface area contributed by atoms with Crippen molar-refractivity contribution >= 4 is 29.5 Å². The summed E-state index contributed by atoms with van der Waals surface area (Å²) in [5, 5.41) is 9.60. The van der Waals surface area contributed by atoms with E-state index < -0.39 is 11.3 Å². The third kappa shape index (κ3) is 12.0. The van der Waals surface area contributed by atoms with Gasteiger partial charge in [0.25, 0.3) is 0 Å². The van der Waals surface area contributed by atoms with Gasteiger partial charge >= 0.3 is 5.97 Å². The van der Waals surface area contributed by atoms with E-state index in [1.807, 2.05) is 36.4 Å². The highest BCUT2D eigenvalue weighted by atomic mass is 35.5. The van der Waals surface area contributed by atoms with Crippen LogP contribution in [0.5, 0.6) is 17.2 Å². The van der Waals surface area contributed by atoms with E-state index in [9.17, 15) is 9.90 Å². The summed E-state index contributed by atoms with van der Waals surface area (Å²) in [7, 11) is 0. The second kappa shape index (κ2) is 18.2. The number of phenols is 1. The maximum Gasteiger partial charge on any atom is 0.329 e. The van der Waals surface area contributed by atoms with Gasteiger partial charge in [-0.1, -0.05) is 83.1 Å². The highest BCUT2D eigenvalue weighted by Crippen LogP contribution is 2.25. The maximum atomic E-state index is 12.5. The van der Waals surface area contributed by atoms with Gasteiger partial charge in [0.2, 0.25) is 0 Å². The fourth-order valence-corrected chi connectivity index (χ4v) is 4.62. The minimum atomic E-state index is -0.862. The zero-order chi connectivity index (χ0) is 29.3. The average Bonchev–Trinajstić information content (AvgIpc) is 2.98. The Balaban J connectivity index is 1.44. The Labute approximate surface area is 250 Å². The first-order valence-electron chi connectivity index (χ1n) is 15.0. The SMILES string of the molecule is CCCCCCCCCc1ccc(N=Cc2ccc(OC(=O)[C@@H](Cl)Cc3ccc(OCCCC)cc3)cc2O)cc1. The number of alkyl halides is 1. The van der Waals surface area contributed by atoms with Gasteiger partial charge in [0.05, 0.1) is 12.3 Å². The lowest BCUT2D eigenvalue weighted by atomic mass is 10.0. The summed E-state index contributed by atoms with van der Waals surface area (Å²) in [6, 6.07) is 20.5. The van der Waals surface area contributed by atoms with Crippen LogP contribution >= 0.6 is 11.6 Å². The van der Waals surface area contributed by atoms with Crippen molar-refractivity contribution < 1.29 is 19.4 Å². The molecule has 0 aliphatic carbocycles. The van der Waals surface area contributed by atoms with Crippen molar-refractivity contribution in [2.45, 2.75) is 89.9 Å². The molecule has 3 rings (SSSR count).